The van der Waals surface area contributed by atoms with E-state index in [9.17, 15) is 0 Å². The summed E-state index contributed by atoms with van der Waals surface area (Å²) in [5.41, 5.74) is 5.55. The van der Waals surface area contributed by atoms with Crippen LogP contribution >= 0.6 is 0 Å². The highest BCUT2D eigenvalue weighted by Gasteiger charge is 2.32. The molecule has 15 heavy (non-hydrogen) atoms. The molecule has 1 aliphatic carbocycles. The van der Waals surface area contributed by atoms with Crippen molar-refractivity contribution >= 4 is 0 Å². The van der Waals surface area contributed by atoms with Crippen molar-refractivity contribution in [1.29, 1.82) is 0 Å². The Kier molecular flexibility index (Phi) is 4.45. The molecular weight excluding hydrogens is 184 g/mol. The fourth-order valence-corrected chi connectivity index (χ4v) is 3.46. The van der Waals surface area contributed by atoms with Crippen molar-refractivity contribution in [2.45, 2.75) is 57.4 Å². The van der Waals surface area contributed by atoms with E-state index in [4.69, 9.17) is 5.73 Å². The van der Waals surface area contributed by atoms with Crippen LogP contribution in [0.5, 0.6) is 0 Å². The Balaban J connectivity index is 1.76. The third-order valence-corrected chi connectivity index (χ3v) is 4.26. The van der Waals surface area contributed by atoms with Crippen LogP contribution < -0.4 is 5.73 Å². The van der Waals surface area contributed by atoms with Crippen molar-refractivity contribution in [3.8, 4) is 0 Å². The highest BCUT2D eigenvalue weighted by molar-refractivity contribution is 4.87. The zero-order chi connectivity index (χ0) is 10.5. The van der Waals surface area contributed by atoms with Crippen molar-refractivity contribution in [2.75, 3.05) is 19.6 Å². The second-order valence-corrected chi connectivity index (χ2v) is 5.29. The van der Waals surface area contributed by atoms with Crippen LogP contribution in [0.3, 0.4) is 0 Å². The molecule has 0 spiro atoms. The highest BCUT2D eigenvalue weighted by Crippen LogP contribution is 2.35. The standard InChI is InChI=1S/C13H26N2/c14-9-3-4-10-15-11-5-8-13(15)12-6-1-2-7-12/h12-13H,1-11,14H2. The van der Waals surface area contributed by atoms with Gasteiger partial charge in [-0.2, -0.15) is 0 Å². The first-order valence-electron chi connectivity index (χ1n) is 6.86. The van der Waals surface area contributed by atoms with E-state index >= 15 is 0 Å². The van der Waals surface area contributed by atoms with Gasteiger partial charge in [0.1, 0.15) is 0 Å². The zero-order valence-electron chi connectivity index (χ0n) is 9.96. The first-order chi connectivity index (χ1) is 7.42. The average molecular weight is 210 g/mol. The summed E-state index contributed by atoms with van der Waals surface area (Å²) in [4.78, 5) is 2.76. The van der Waals surface area contributed by atoms with Gasteiger partial charge < -0.3 is 10.6 Å². The number of hydrogen-bond acceptors (Lipinski definition) is 2. The molecule has 2 nitrogen and oxygen atoms in total. The molecule has 2 rings (SSSR count). The Morgan fingerprint density at radius 3 is 2.53 bits per heavy atom. The third kappa shape index (κ3) is 2.94. The summed E-state index contributed by atoms with van der Waals surface area (Å²) in [6, 6.07) is 0.935. The minimum absolute atomic E-state index is 0.863. The predicted molar refractivity (Wildman–Crippen MR) is 64.8 cm³/mol. The molecule has 1 saturated heterocycles. The fraction of sp³-hybridized carbons (Fsp3) is 1.00. The first kappa shape index (κ1) is 11.4. The normalized spacial score (nSPS) is 29.0. The van der Waals surface area contributed by atoms with E-state index in [-0.39, 0.29) is 0 Å². The summed E-state index contributed by atoms with van der Waals surface area (Å²) in [6.45, 7) is 3.52. The van der Waals surface area contributed by atoms with E-state index in [0.29, 0.717) is 0 Å². The molecule has 2 fully saturated rings. The maximum atomic E-state index is 5.55. The fourth-order valence-electron chi connectivity index (χ4n) is 3.46. The summed E-state index contributed by atoms with van der Waals surface area (Å²) in [5.74, 6) is 1.03. The quantitative estimate of drug-likeness (QED) is 0.706. The Bertz CT molecular complexity index is 175. The third-order valence-electron chi connectivity index (χ3n) is 4.26. The molecule has 1 unspecified atom stereocenters. The molecule has 88 valence electrons. The summed E-state index contributed by atoms with van der Waals surface area (Å²) in [5, 5.41) is 0. The van der Waals surface area contributed by atoms with Crippen LogP contribution in [-0.2, 0) is 0 Å². The lowest BCUT2D eigenvalue weighted by Gasteiger charge is -2.29. The highest BCUT2D eigenvalue weighted by atomic mass is 15.2. The van der Waals surface area contributed by atoms with Crippen molar-refractivity contribution in [3.05, 3.63) is 0 Å². The van der Waals surface area contributed by atoms with Gasteiger partial charge in [0, 0.05) is 6.04 Å². The van der Waals surface area contributed by atoms with Gasteiger partial charge in [0.15, 0.2) is 0 Å². The van der Waals surface area contributed by atoms with Crippen LogP contribution in [0, 0.1) is 5.92 Å². The molecule has 0 aromatic carbocycles. The number of rotatable bonds is 5. The van der Waals surface area contributed by atoms with E-state index in [0.717, 1.165) is 18.5 Å². The van der Waals surface area contributed by atoms with Crippen LogP contribution in [0.25, 0.3) is 0 Å². The lowest BCUT2D eigenvalue weighted by atomic mass is 9.96. The van der Waals surface area contributed by atoms with Gasteiger partial charge in [-0.05, 0) is 64.1 Å². The van der Waals surface area contributed by atoms with Gasteiger partial charge >= 0.3 is 0 Å². The molecule has 0 aromatic rings. The van der Waals surface area contributed by atoms with Crippen molar-refractivity contribution < 1.29 is 0 Å². The number of nitrogens with zero attached hydrogens (tertiary/aromatic N) is 1. The van der Waals surface area contributed by atoms with Crippen molar-refractivity contribution in [1.82, 2.24) is 4.90 Å². The second kappa shape index (κ2) is 5.86. The topological polar surface area (TPSA) is 29.3 Å². The van der Waals surface area contributed by atoms with Gasteiger partial charge in [0.25, 0.3) is 0 Å². The molecule has 1 saturated carbocycles. The van der Waals surface area contributed by atoms with E-state index in [1.54, 1.807) is 0 Å². The minimum atomic E-state index is 0.863. The Morgan fingerprint density at radius 1 is 1.00 bits per heavy atom. The van der Waals surface area contributed by atoms with E-state index in [1.165, 1.54) is 64.5 Å². The van der Waals surface area contributed by atoms with Gasteiger partial charge in [-0.15, -0.1) is 0 Å². The minimum Gasteiger partial charge on any atom is -0.330 e. The number of unbranched alkanes of at least 4 members (excludes halogenated alkanes) is 1. The smallest absolute Gasteiger partial charge is 0.0124 e. The van der Waals surface area contributed by atoms with Crippen LogP contribution in [0.1, 0.15) is 51.4 Å². The van der Waals surface area contributed by atoms with Gasteiger partial charge in [-0.3, -0.25) is 0 Å². The lowest BCUT2D eigenvalue weighted by molar-refractivity contribution is 0.188. The summed E-state index contributed by atoms with van der Waals surface area (Å²) in [7, 11) is 0. The molecule has 2 aliphatic rings. The van der Waals surface area contributed by atoms with Crippen molar-refractivity contribution in [2.24, 2.45) is 11.7 Å². The van der Waals surface area contributed by atoms with Crippen LogP contribution in [0.15, 0.2) is 0 Å². The Labute approximate surface area is 94.2 Å². The largest absolute Gasteiger partial charge is 0.330 e. The lowest BCUT2D eigenvalue weighted by Crippen LogP contribution is -2.35. The maximum Gasteiger partial charge on any atom is 0.0124 e. The van der Waals surface area contributed by atoms with E-state index in [1.807, 2.05) is 0 Å². The summed E-state index contributed by atoms with van der Waals surface area (Å²) in [6.07, 6.45) is 11.4. The van der Waals surface area contributed by atoms with Gasteiger partial charge in [-0.1, -0.05) is 12.8 Å². The van der Waals surface area contributed by atoms with Crippen LogP contribution in [-0.4, -0.2) is 30.6 Å². The van der Waals surface area contributed by atoms with Gasteiger partial charge in [-0.25, -0.2) is 0 Å². The second-order valence-electron chi connectivity index (χ2n) is 5.29. The Hall–Kier alpha value is -0.0800. The number of nitrogens with two attached hydrogens (primary N) is 1. The first-order valence-corrected chi connectivity index (χ1v) is 6.86. The molecule has 2 heteroatoms. The molecule has 2 N–H and O–H groups in total. The molecule has 0 amide bonds. The Morgan fingerprint density at radius 2 is 1.80 bits per heavy atom. The molecule has 1 heterocycles. The maximum absolute atomic E-state index is 5.55. The summed E-state index contributed by atoms with van der Waals surface area (Å²) < 4.78 is 0. The molecule has 1 atom stereocenters. The van der Waals surface area contributed by atoms with Crippen LogP contribution in [0.2, 0.25) is 0 Å². The van der Waals surface area contributed by atoms with Gasteiger partial charge in [0.2, 0.25) is 0 Å². The number of hydrogen-bond donors (Lipinski definition) is 1. The van der Waals surface area contributed by atoms with Gasteiger partial charge in [0.05, 0.1) is 0 Å². The van der Waals surface area contributed by atoms with E-state index < -0.39 is 0 Å². The summed E-state index contributed by atoms with van der Waals surface area (Å²) >= 11 is 0. The zero-order valence-corrected chi connectivity index (χ0v) is 9.96. The number of likely N-dealkylation sites (tertiary alicyclic amines) is 1. The monoisotopic (exact) mass is 210 g/mol. The molecule has 1 aliphatic heterocycles. The SMILES string of the molecule is NCCCCN1CCCC1C1CCCC1. The van der Waals surface area contributed by atoms with E-state index in [2.05, 4.69) is 4.90 Å². The van der Waals surface area contributed by atoms with Crippen LogP contribution in [0.4, 0.5) is 0 Å². The average Bonchev–Trinajstić information content (AvgIpc) is 2.87. The van der Waals surface area contributed by atoms with Crippen molar-refractivity contribution in [3.63, 3.8) is 0 Å². The molecular formula is C13H26N2. The molecule has 0 aromatic heterocycles. The molecule has 0 bridgehead atoms. The predicted octanol–water partition coefficient (Wildman–Crippen LogP) is 2.38. The molecule has 0 radical (unpaired) electrons.